The van der Waals surface area contributed by atoms with E-state index >= 15 is 0 Å². The number of benzene rings is 2. The normalized spacial score (nSPS) is 10.8. The molecule has 0 saturated heterocycles. The Morgan fingerprint density at radius 3 is 2.62 bits per heavy atom. The van der Waals surface area contributed by atoms with E-state index in [9.17, 15) is 4.79 Å². The van der Waals surface area contributed by atoms with Crippen LogP contribution in [0.5, 0.6) is 11.6 Å². The van der Waals surface area contributed by atoms with Crippen LogP contribution in [0.1, 0.15) is 5.56 Å². The van der Waals surface area contributed by atoms with Crippen LogP contribution in [0.2, 0.25) is 0 Å². The minimum atomic E-state index is -0.0152. The molecule has 8 nitrogen and oxygen atoms in total. The molecule has 164 valence electrons. The first-order valence-electron chi connectivity index (χ1n) is 10.1. The average Bonchev–Trinajstić information content (AvgIpc) is 3.26. The summed E-state index contributed by atoms with van der Waals surface area (Å²) in [5.41, 5.74) is 2.69. The number of ether oxygens (including phenoxy) is 2. The lowest BCUT2D eigenvalue weighted by Crippen LogP contribution is -2.29. The summed E-state index contributed by atoms with van der Waals surface area (Å²) < 4.78 is 12.5. The Bertz CT molecular complexity index is 1170. The van der Waals surface area contributed by atoms with Crippen LogP contribution in [-0.2, 0) is 10.5 Å². The van der Waals surface area contributed by atoms with E-state index in [1.165, 1.54) is 5.56 Å². The van der Waals surface area contributed by atoms with Crippen LogP contribution in [0.4, 0.5) is 0 Å². The van der Waals surface area contributed by atoms with Crippen molar-refractivity contribution in [3.05, 3.63) is 72.3 Å². The first kappa shape index (κ1) is 21.6. The first-order chi connectivity index (χ1) is 15.7. The Kier molecular flexibility index (Phi) is 7.19. The van der Waals surface area contributed by atoms with Gasteiger partial charge in [-0.2, -0.15) is 4.52 Å². The fourth-order valence-corrected chi connectivity index (χ4v) is 3.82. The Morgan fingerprint density at radius 2 is 1.84 bits per heavy atom. The summed E-state index contributed by atoms with van der Waals surface area (Å²) in [5, 5.41) is 15.7. The molecule has 9 heteroatoms. The highest BCUT2D eigenvalue weighted by atomic mass is 32.2. The van der Waals surface area contributed by atoms with Crippen LogP contribution < -0.4 is 14.8 Å². The molecule has 2 aromatic carbocycles. The zero-order valence-electron chi connectivity index (χ0n) is 17.6. The molecule has 0 bridgehead atoms. The van der Waals surface area contributed by atoms with Gasteiger partial charge in [-0.1, -0.05) is 30.3 Å². The van der Waals surface area contributed by atoms with Gasteiger partial charge in [0.2, 0.25) is 11.8 Å². The number of hydrogen-bond acceptors (Lipinski definition) is 7. The van der Waals surface area contributed by atoms with E-state index in [0.717, 1.165) is 17.1 Å². The van der Waals surface area contributed by atoms with Crippen LogP contribution >= 0.6 is 11.8 Å². The number of thioether (sulfide) groups is 1. The predicted octanol–water partition coefficient (Wildman–Crippen LogP) is 3.23. The molecule has 32 heavy (non-hydrogen) atoms. The van der Waals surface area contributed by atoms with Crippen LogP contribution in [0.3, 0.4) is 0 Å². The summed E-state index contributed by atoms with van der Waals surface area (Å²) in [6.07, 6.45) is 0. The number of fused-ring (bicyclic) bond motifs is 1. The number of methoxy groups -OCH3 is 1. The topological polar surface area (TPSA) is 90.6 Å². The molecule has 4 aromatic rings. The maximum Gasteiger partial charge on any atom is 0.231 e. The van der Waals surface area contributed by atoms with E-state index in [1.54, 1.807) is 35.5 Å². The average molecular weight is 450 g/mol. The maximum atomic E-state index is 12.0. The van der Waals surface area contributed by atoms with E-state index in [4.69, 9.17) is 9.47 Å². The van der Waals surface area contributed by atoms with Crippen LogP contribution in [0.25, 0.3) is 17.0 Å². The van der Waals surface area contributed by atoms with Gasteiger partial charge in [-0.3, -0.25) is 4.79 Å². The molecule has 0 aliphatic carbocycles. The van der Waals surface area contributed by atoms with Crippen molar-refractivity contribution in [3.8, 4) is 23.0 Å². The van der Waals surface area contributed by atoms with Gasteiger partial charge in [0.25, 0.3) is 0 Å². The van der Waals surface area contributed by atoms with Gasteiger partial charge >= 0.3 is 0 Å². The maximum absolute atomic E-state index is 12.0. The molecule has 0 spiro atoms. The van der Waals surface area contributed by atoms with E-state index < -0.39 is 0 Å². The van der Waals surface area contributed by atoms with Gasteiger partial charge in [-0.05, 0) is 35.9 Å². The predicted molar refractivity (Wildman–Crippen MR) is 124 cm³/mol. The van der Waals surface area contributed by atoms with Crippen LogP contribution in [0, 0.1) is 0 Å². The third kappa shape index (κ3) is 5.55. The number of hydrogen-bond donors (Lipinski definition) is 1. The van der Waals surface area contributed by atoms with E-state index in [2.05, 4.69) is 32.7 Å². The van der Waals surface area contributed by atoms with Gasteiger partial charge in [0.05, 0.1) is 19.4 Å². The second-order valence-electron chi connectivity index (χ2n) is 6.87. The second kappa shape index (κ2) is 10.6. The lowest BCUT2D eigenvalue weighted by molar-refractivity contribution is -0.118. The lowest BCUT2D eigenvalue weighted by Gasteiger charge is -2.08. The number of amides is 1. The van der Waals surface area contributed by atoms with Gasteiger partial charge in [0, 0.05) is 17.4 Å². The number of carbonyl (C=O) groups is 1. The van der Waals surface area contributed by atoms with Crippen molar-refractivity contribution < 1.29 is 14.3 Å². The highest BCUT2D eigenvalue weighted by Gasteiger charge is 2.11. The number of rotatable bonds is 10. The molecule has 0 aliphatic rings. The van der Waals surface area contributed by atoms with Crippen molar-refractivity contribution in [3.63, 3.8) is 0 Å². The summed E-state index contributed by atoms with van der Waals surface area (Å²) in [7, 11) is 1.62. The first-order valence-corrected chi connectivity index (χ1v) is 11.3. The van der Waals surface area contributed by atoms with Gasteiger partial charge < -0.3 is 14.8 Å². The minimum absolute atomic E-state index is 0.0152. The Morgan fingerprint density at radius 1 is 1.03 bits per heavy atom. The fraction of sp³-hybridized carbons (Fsp3) is 0.217. The molecular weight excluding hydrogens is 426 g/mol. The van der Waals surface area contributed by atoms with Crippen molar-refractivity contribution in [1.29, 1.82) is 0 Å². The molecule has 1 amide bonds. The molecule has 1 N–H and O–H groups in total. The SMILES string of the molecule is COc1ccc(-c2nnc3ccc(OCCNC(=O)CSCc4ccccc4)nn23)cc1. The monoisotopic (exact) mass is 449 g/mol. The molecule has 0 atom stereocenters. The lowest BCUT2D eigenvalue weighted by atomic mass is 10.2. The number of aromatic nitrogens is 4. The molecule has 0 fully saturated rings. The van der Waals surface area contributed by atoms with Crippen molar-refractivity contribution >= 4 is 23.3 Å². The Labute approximate surface area is 190 Å². The zero-order valence-corrected chi connectivity index (χ0v) is 18.4. The van der Waals surface area contributed by atoms with Crippen molar-refractivity contribution in [2.24, 2.45) is 0 Å². The minimum Gasteiger partial charge on any atom is -0.497 e. The summed E-state index contributed by atoms with van der Waals surface area (Å²) >= 11 is 1.58. The zero-order chi connectivity index (χ0) is 22.2. The van der Waals surface area contributed by atoms with Crippen molar-refractivity contribution in [2.45, 2.75) is 5.75 Å². The molecule has 2 aromatic heterocycles. The summed E-state index contributed by atoms with van der Waals surface area (Å²) in [5.74, 6) is 3.00. The Balaban J connectivity index is 1.26. The van der Waals surface area contributed by atoms with Gasteiger partial charge in [0.15, 0.2) is 11.5 Å². The molecule has 0 aliphatic heterocycles. The highest BCUT2D eigenvalue weighted by Crippen LogP contribution is 2.21. The summed E-state index contributed by atoms with van der Waals surface area (Å²) in [6.45, 7) is 0.714. The van der Waals surface area contributed by atoms with E-state index in [-0.39, 0.29) is 5.91 Å². The third-order valence-electron chi connectivity index (χ3n) is 4.61. The van der Waals surface area contributed by atoms with E-state index in [0.29, 0.717) is 36.3 Å². The molecule has 0 saturated carbocycles. The fourth-order valence-electron chi connectivity index (χ4n) is 3.00. The van der Waals surface area contributed by atoms with Crippen molar-refractivity contribution in [2.75, 3.05) is 26.0 Å². The second-order valence-corrected chi connectivity index (χ2v) is 7.86. The number of nitrogens with one attached hydrogen (secondary N) is 1. The number of nitrogens with zero attached hydrogens (tertiary/aromatic N) is 4. The van der Waals surface area contributed by atoms with Gasteiger partial charge in [-0.25, -0.2) is 0 Å². The Hall–Kier alpha value is -3.59. The third-order valence-corrected chi connectivity index (χ3v) is 5.61. The smallest absolute Gasteiger partial charge is 0.231 e. The van der Waals surface area contributed by atoms with Crippen molar-refractivity contribution in [1.82, 2.24) is 25.1 Å². The molecule has 0 radical (unpaired) electrons. The molecule has 0 unspecified atom stereocenters. The quantitative estimate of drug-likeness (QED) is 0.372. The standard InChI is InChI=1S/C23H23N5O3S/c1-30-19-9-7-18(8-10-19)23-26-25-20-11-12-22(27-28(20)23)31-14-13-24-21(29)16-32-15-17-5-3-2-4-6-17/h2-12H,13-16H2,1H3,(H,24,29). The highest BCUT2D eigenvalue weighted by molar-refractivity contribution is 7.99. The summed E-state index contributed by atoms with van der Waals surface area (Å²) in [4.78, 5) is 12.0. The molecule has 4 rings (SSSR count). The molecular formula is C23H23N5O3S. The van der Waals surface area contributed by atoms with Gasteiger partial charge in [0.1, 0.15) is 12.4 Å². The van der Waals surface area contributed by atoms with Crippen LogP contribution in [0.15, 0.2) is 66.7 Å². The largest absolute Gasteiger partial charge is 0.497 e. The van der Waals surface area contributed by atoms with Crippen LogP contribution in [-0.4, -0.2) is 51.7 Å². The number of carbonyl (C=O) groups excluding carboxylic acids is 1. The van der Waals surface area contributed by atoms with E-state index in [1.807, 2.05) is 42.5 Å². The molecule has 2 heterocycles. The van der Waals surface area contributed by atoms with Gasteiger partial charge in [-0.15, -0.1) is 27.1 Å². The summed E-state index contributed by atoms with van der Waals surface area (Å²) in [6, 6.07) is 21.1.